The van der Waals surface area contributed by atoms with E-state index in [1.807, 2.05) is 13.0 Å². The molecular weight excluding hydrogens is 172 g/mol. The Morgan fingerprint density at radius 2 is 2.42 bits per heavy atom. The monoisotopic (exact) mass is 182 g/mol. The van der Waals surface area contributed by atoms with Gasteiger partial charge in [-0.2, -0.15) is 0 Å². The zero-order valence-corrected chi connectivity index (χ0v) is 7.77. The maximum absolute atomic E-state index is 8.96. The van der Waals surface area contributed by atoms with Crippen molar-refractivity contribution in [1.82, 2.24) is 9.97 Å². The van der Waals surface area contributed by atoms with Crippen LogP contribution in [-0.4, -0.2) is 15.1 Å². The molecule has 0 spiro atoms. The summed E-state index contributed by atoms with van der Waals surface area (Å²) >= 11 is 4.86. The maximum atomic E-state index is 8.96. The van der Waals surface area contributed by atoms with Crippen LogP contribution in [-0.2, 0) is 0 Å². The summed E-state index contributed by atoms with van der Waals surface area (Å²) in [5.74, 6) is 0.225. The Morgan fingerprint density at radius 1 is 1.75 bits per heavy atom. The summed E-state index contributed by atoms with van der Waals surface area (Å²) < 4.78 is 0.433. The van der Waals surface area contributed by atoms with Crippen molar-refractivity contribution in [2.45, 2.75) is 13.8 Å². The van der Waals surface area contributed by atoms with Crippen molar-refractivity contribution >= 4 is 18.3 Å². The third kappa shape index (κ3) is 2.47. The number of aromatic amines is 1. The highest BCUT2D eigenvalue weighted by atomic mass is 32.1. The third-order valence-corrected chi connectivity index (χ3v) is 1.45. The van der Waals surface area contributed by atoms with Gasteiger partial charge in [-0.25, -0.2) is 4.98 Å². The molecule has 0 saturated heterocycles. The molecule has 64 valence electrons. The second-order valence-corrected chi connectivity index (χ2v) is 2.97. The molecule has 12 heavy (non-hydrogen) atoms. The highest BCUT2D eigenvalue weighted by Crippen LogP contribution is 2.02. The second-order valence-electron chi connectivity index (χ2n) is 2.58. The van der Waals surface area contributed by atoms with Crippen molar-refractivity contribution in [1.29, 1.82) is 0 Å². The van der Waals surface area contributed by atoms with Crippen LogP contribution in [0.2, 0.25) is 0 Å². The molecule has 0 unspecified atom stereocenters. The number of aryl methyl sites for hydroxylation is 1. The van der Waals surface area contributed by atoms with Crippen LogP contribution in [0.25, 0.3) is 6.08 Å². The van der Waals surface area contributed by atoms with Crippen LogP contribution in [0, 0.1) is 11.7 Å². The topological polar surface area (TPSA) is 48.9 Å². The number of aromatic nitrogens is 2. The molecule has 0 saturated carbocycles. The van der Waals surface area contributed by atoms with Gasteiger partial charge in [0.1, 0.15) is 0 Å². The van der Waals surface area contributed by atoms with E-state index in [2.05, 4.69) is 9.97 Å². The van der Waals surface area contributed by atoms with E-state index < -0.39 is 0 Å². The van der Waals surface area contributed by atoms with Gasteiger partial charge in [0.2, 0.25) is 0 Å². The summed E-state index contributed by atoms with van der Waals surface area (Å²) in [7, 11) is 0. The lowest BCUT2D eigenvalue weighted by Gasteiger charge is -1.96. The molecule has 0 aliphatic rings. The van der Waals surface area contributed by atoms with Crippen LogP contribution in [0.1, 0.15) is 18.3 Å². The normalized spacial score (nSPS) is 11.7. The fourth-order valence-corrected chi connectivity index (χ4v) is 1.16. The van der Waals surface area contributed by atoms with E-state index in [9.17, 15) is 0 Å². The first kappa shape index (κ1) is 8.93. The van der Waals surface area contributed by atoms with E-state index in [-0.39, 0.29) is 5.76 Å². The first-order valence-electron chi connectivity index (χ1n) is 3.53. The Hall–Kier alpha value is -1.16. The van der Waals surface area contributed by atoms with Crippen molar-refractivity contribution < 1.29 is 5.11 Å². The van der Waals surface area contributed by atoms with E-state index >= 15 is 0 Å². The van der Waals surface area contributed by atoms with Crippen LogP contribution in [0.5, 0.6) is 0 Å². The first-order chi connectivity index (χ1) is 5.58. The Bertz CT molecular complexity index is 364. The highest BCUT2D eigenvalue weighted by Gasteiger charge is 1.92. The van der Waals surface area contributed by atoms with Gasteiger partial charge in [-0.1, -0.05) is 0 Å². The Balaban J connectivity index is 3.18. The van der Waals surface area contributed by atoms with Gasteiger partial charge in [-0.05, 0) is 32.1 Å². The Labute approximate surface area is 75.8 Å². The first-order valence-corrected chi connectivity index (χ1v) is 3.94. The second kappa shape index (κ2) is 3.49. The molecule has 0 aliphatic carbocycles. The van der Waals surface area contributed by atoms with Crippen molar-refractivity contribution in [3.05, 3.63) is 28.0 Å². The molecule has 0 radical (unpaired) electrons. The molecule has 3 nitrogen and oxygen atoms in total. The summed E-state index contributed by atoms with van der Waals surface area (Å²) in [6.07, 6.45) is 1.57. The summed E-state index contributed by atoms with van der Waals surface area (Å²) in [4.78, 5) is 6.87. The van der Waals surface area contributed by atoms with Crippen molar-refractivity contribution in [2.75, 3.05) is 0 Å². The molecule has 1 rings (SSSR count). The smallest absolute Gasteiger partial charge is 0.197 e. The van der Waals surface area contributed by atoms with E-state index in [0.29, 0.717) is 10.5 Å². The molecule has 0 atom stereocenters. The van der Waals surface area contributed by atoms with Gasteiger partial charge in [0.25, 0.3) is 0 Å². The quantitative estimate of drug-likeness (QED) is 0.518. The van der Waals surface area contributed by atoms with E-state index in [0.717, 1.165) is 5.69 Å². The number of hydrogen-bond donors (Lipinski definition) is 2. The lowest BCUT2D eigenvalue weighted by Crippen LogP contribution is -1.89. The number of hydrogen-bond acceptors (Lipinski definition) is 3. The predicted octanol–water partition coefficient (Wildman–Crippen LogP) is 2.37. The number of H-pyrrole nitrogens is 1. The van der Waals surface area contributed by atoms with E-state index in [1.165, 1.54) is 0 Å². The standard InChI is InChI=1S/C8H10N2OS/c1-5-3-7(4-6(2)11)10-8(12)9-5/h3-4,11H,1-2H3,(H,9,10,12)/b6-4-. The fraction of sp³-hybridized carbons (Fsp3) is 0.250. The molecule has 0 bridgehead atoms. The van der Waals surface area contributed by atoms with Crippen molar-refractivity contribution in [3.8, 4) is 0 Å². The fourth-order valence-electron chi connectivity index (χ4n) is 0.892. The Morgan fingerprint density at radius 3 is 2.92 bits per heavy atom. The van der Waals surface area contributed by atoms with Crippen molar-refractivity contribution in [3.63, 3.8) is 0 Å². The molecule has 4 heteroatoms. The average Bonchev–Trinajstić information content (AvgIpc) is 1.81. The van der Waals surface area contributed by atoms with Crippen LogP contribution in [0.3, 0.4) is 0 Å². The van der Waals surface area contributed by atoms with Gasteiger partial charge in [0.15, 0.2) is 4.77 Å². The third-order valence-electron chi connectivity index (χ3n) is 1.26. The van der Waals surface area contributed by atoms with Gasteiger partial charge in [-0.15, -0.1) is 0 Å². The number of allylic oxidation sites excluding steroid dienone is 1. The summed E-state index contributed by atoms with van der Waals surface area (Å²) in [5.41, 5.74) is 1.61. The lowest BCUT2D eigenvalue weighted by atomic mass is 10.3. The molecule has 0 fully saturated rings. The zero-order chi connectivity index (χ0) is 9.14. The number of aliphatic hydroxyl groups excluding tert-OH is 1. The van der Waals surface area contributed by atoms with Crippen LogP contribution in [0.4, 0.5) is 0 Å². The SMILES string of the molecule is C/C(O)=C/c1cc(C)[nH]c(=S)n1. The molecule has 1 heterocycles. The number of nitrogens with zero attached hydrogens (tertiary/aromatic N) is 1. The maximum Gasteiger partial charge on any atom is 0.197 e. The van der Waals surface area contributed by atoms with Crippen LogP contribution < -0.4 is 0 Å². The largest absolute Gasteiger partial charge is 0.513 e. The average molecular weight is 182 g/mol. The molecule has 1 aromatic heterocycles. The molecule has 0 aliphatic heterocycles. The predicted molar refractivity (Wildman–Crippen MR) is 50.4 cm³/mol. The van der Waals surface area contributed by atoms with E-state index in [4.69, 9.17) is 17.3 Å². The number of nitrogens with one attached hydrogen (secondary N) is 1. The minimum Gasteiger partial charge on any atom is -0.513 e. The van der Waals surface area contributed by atoms with Gasteiger partial charge in [-0.3, -0.25) is 0 Å². The Kier molecular flexibility index (Phi) is 2.60. The highest BCUT2D eigenvalue weighted by molar-refractivity contribution is 7.71. The van der Waals surface area contributed by atoms with Crippen LogP contribution >= 0.6 is 12.2 Å². The minimum absolute atomic E-state index is 0.225. The van der Waals surface area contributed by atoms with Gasteiger partial charge >= 0.3 is 0 Å². The lowest BCUT2D eigenvalue weighted by molar-refractivity contribution is 0.419. The summed E-state index contributed by atoms with van der Waals surface area (Å²) in [6, 6.07) is 1.82. The van der Waals surface area contributed by atoms with E-state index in [1.54, 1.807) is 13.0 Å². The molecule has 0 aromatic carbocycles. The van der Waals surface area contributed by atoms with Gasteiger partial charge in [0, 0.05) is 11.8 Å². The summed E-state index contributed by atoms with van der Waals surface area (Å²) in [6.45, 7) is 3.48. The van der Waals surface area contributed by atoms with Crippen LogP contribution in [0.15, 0.2) is 11.8 Å². The van der Waals surface area contributed by atoms with Gasteiger partial charge < -0.3 is 10.1 Å². The molecule has 2 N–H and O–H groups in total. The van der Waals surface area contributed by atoms with Crippen molar-refractivity contribution in [2.24, 2.45) is 0 Å². The number of rotatable bonds is 1. The summed E-state index contributed by atoms with van der Waals surface area (Å²) in [5, 5.41) is 8.96. The minimum atomic E-state index is 0.225. The molecular formula is C8H10N2OS. The molecule has 1 aromatic rings. The zero-order valence-electron chi connectivity index (χ0n) is 6.96. The number of aliphatic hydroxyl groups is 1. The van der Waals surface area contributed by atoms with Gasteiger partial charge in [0.05, 0.1) is 11.5 Å². The molecule has 0 amide bonds.